The van der Waals surface area contributed by atoms with Crippen molar-refractivity contribution < 1.29 is 14.7 Å². The number of nitrogens with one attached hydrogen (secondary N) is 2. The number of benzene rings is 2. The topological polar surface area (TPSA) is 78.4 Å². The number of urea groups is 1. The molecule has 0 radical (unpaired) electrons. The molecule has 0 saturated heterocycles. The molecule has 130 valence electrons. The second-order valence-corrected chi connectivity index (χ2v) is 6.38. The molecule has 3 rings (SSSR count). The lowest BCUT2D eigenvalue weighted by molar-refractivity contribution is 0.0697. The number of hydrogen-bond donors (Lipinski definition) is 3. The highest BCUT2D eigenvalue weighted by molar-refractivity contribution is 5.87. The van der Waals surface area contributed by atoms with Crippen LogP contribution in [0, 0.1) is 0 Å². The molecule has 1 saturated carbocycles. The lowest BCUT2D eigenvalue weighted by Gasteiger charge is -2.21. The Kier molecular flexibility index (Phi) is 5.33. The van der Waals surface area contributed by atoms with E-state index in [0.29, 0.717) is 12.5 Å². The zero-order valence-corrected chi connectivity index (χ0v) is 13.9. The quantitative estimate of drug-likeness (QED) is 0.780. The van der Waals surface area contributed by atoms with E-state index in [-0.39, 0.29) is 17.6 Å². The number of carbonyl (C=O) groups excluding carboxylic acids is 1. The summed E-state index contributed by atoms with van der Waals surface area (Å²) in [5.41, 5.74) is 2.38. The molecule has 0 heterocycles. The molecule has 5 heteroatoms. The third-order valence-electron chi connectivity index (χ3n) is 4.71. The number of amides is 2. The zero-order valence-electron chi connectivity index (χ0n) is 13.9. The van der Waals surface area contributed by atoms with E-state index >= 15 is 0 Å². The van der Waals surface area contributed by atoms with E-state index in [1.807, 2.05) is 18.2 Å². The minimum absolute atomic E-state index is 0.150. The Morgan fingerprint density at radius 2 is 1.72 bits per heavy atom. The minimum atomic E-state index is -0.953. The Bertz CT molecular complexity index is 728. The van der Waals surface area contributed by atoms with Crippen LogP contribution in [0.25, 0.3) is 0 Å². The number of hydrogen-bond acceptors (Lipinski definition) is 2. The van der Waals surface area contributed by atoms with Crippen molar-refractivity contribution in [1.29, 1.82) is 0 Å². The van der Waals surface area contributed by atoms with Crippen LogP contribution in [0.15, 0.2) is 54.6 Å². The maximum absolute atomic E-state index is 12.2. The number of rotatable bonds is 5. The minimum Gasteiger partial charge on any atom is -0.478 e. The number of aromatic carboxylic acids is 1. The fraction of sp³-hybridized carbons (Fsp3) is 0.300. The molecule has 0 aromatic heterocycles. The average Bonchev–Trinajstić information content (AvgIpc) is 3.09. The van der Waals surface area contributed by atoms with Gasteiger partial charge in [-0.25, -0.2) is 9.59 Å². The van der Waals surface area contributed by atoms with Crippen LogP contribution in [0.3, 0.4) is 0 Å². The zero-order chi connectivity index (χ0) is 17.6. The van der Waals surface area contributed by atoms with E-state index in [1.165, 1.54) is 5.56 Å². The highest BCUT2D eigenvalue weighted by atomic mass is 16.4. The van der Waals surface area contributed by atoms with E-state index in [9.17, 15) is 9.59 Å². The lowest BCUT2D eigenvalue weighted by Crippen LogP contribution is -2.42. The van der Waals surface area contributed by atoms with Crippen LogP contribution in [0.5, 0.6) is 0 Å². The van der Waals surface area contributed by atoms with Gasteiger partial charge in [-0.2, -0.15) is 0 Å². The van der Waals surface area contributed by atoms with E-state index in [0.717, 1.165) is 24.8 Å². The number of carboxylic acids is 1. The van der Waals surface area contributed by atoms with Gasteiger partial charge < -0.3 is 15.7 Å². The van der Waals surface area contributed by atoms with Crippen molar-refractivity contribution in [3.63, 3.8) is 0 Å². The van der Waals surface area contributed by atoms with Crippen molar-refractivity contribution >= 4 is 12.0 Å². The normalized spacial score (nSPS) is 19.4. The van der Waals surface area contributed by atoms with Crippen molar-refractivity contribution in [2.24, 2.45) is 0 Å². The van der Waals surface area contributed by atoms with Crippen LogP contribution in [0.1, 0.15) is 46.7 Å². The molecular formula is C20H22N2O3. The predicted molar refractivity (Wildman–Crippen MR) is 95.6 cm³/mol. The molecule has 3 N–H and O–H groups in total. The molecule has 2 aromatic rings. The molecule has 1 aliphatic carbocycles. The van der Waals surface area contributed by atoms with Crippen molar-refractivity contribution in [3.05, 3.63) is 71.3 Å². The van der Waals surface area contributed by atoms with E-state index in [2.05, 4.69) is 22.8 Å². The van der Waals surface area contributed by atoms with Crippen molar-refractivity contribution in [2.75, 3.05) is 0 Å². The largest absolute Gasteiger partial charge is 0.478 e. The summed E-state index contributed by atoms with van der Waals surface area (Å²) >= 11 is 0. The Labute approximate surface area is 147 Å². The summed E-state index contributed by atoms with van der Waals surface area (Å²) in [6, 6.07) is 16.8. The summed E-state index contributed by atoms with van der Waals surface area (Å²) in [5, 5.41) is 14.8. The van der Waals surface area contributed by atoms with Gasteiger partial charge in [0, 0.05) is 18.5 Å². The van der Waals surface area contributed by atoms with Crippen LogP contribution in [-0.4, -0.2) is 23.1 Å². The van der Waals surface area contributed by atoms with Crippen LogP contribution >= 0.6 is 0 Å². The average molecular weight is 338 g/mol. The summed E-state index contributed by atoms with van der Waals surface area (Å²) < 4.78 is 0. The van der Waals surface area contributed by atoms with Crippen molar-refractivity contribution in [3.8, 4) is 0 Å². The number of carbonyl (C=O) groups is 2. The van der Waals surface area contributed by atoms with Gasteiger partial charge in [-0.3, -0.25) is 0 Å². The van der Waals surface area contributed by atoms with Crippen LogP contribution < -0.4 is 10.6 Å². The van der Waals surface area contributed by atoms with Gasteiger partial charge in [0.25, 0.3) is 0 Å². The molecule has 2 atom stereocenters. The maximum Gasteiger partial charge on any atom is 0.335 e. The first-order chi connectivity index (χ1) is 12.1. The Morgan fingerprint density at radius 1 is 1.00 bits per heavy atom. The monoisotopic (exact) mass is 338 g/mol. The van der Waals surface area contributed by atoms with Crippen LogP contribution in [0.2, 0.25) is 0 Å². The van der Waals surface area contributed by atoms with Crippen LogP contribution in [-0.2, 0) is 6.54 Å². The van der Waals surface area contributed by atoms with Gasteiger partial charge in [-0.05, 0) is 36.1 Å². The van der Waals surface area contributed by atoms with Gasteiger partial charge in [-0.15, -0.1) is 0 Å². The van der Waals surface area contributed by atoms with Gasteiger partial charge in [0.2, 0.25) is 0 Å². The summed E-state index contributed by atoms with van der Waals surface area (Å²) in [7, 11) is 0. The summed E-state index contributed by atoms with van der Waals surface area (Å²) in [6.45, 7) is 0.370. The van der Waals surface area contributed by atoms with Gasteiger partial charge in [0.05, 0.1) is 5.56 Å². The molecule has 1 aliphatic rings. The van der Waals surface area contributed by atoms with Gasteiger partial charge in [0.15, 0.2) is 0 Å². The Balaban J connectivity index is 1.52. The number of carboxylic acid groups (broad SMARTS) is 1. The lowest BCUT2D eigenvalue weighted by atomic mass is 9.94. The van der Waals surface area contributed by atoms with Crippen molar-refractivity contribution in [2.45, 2.75) is 37.8 Å². The molecule has 0 bridgehead atoms. The van der Waals surface area contributed by atoms with E-state index < -0.39 is 5.97 Å². The van der Waals surface area contributed by atoms with E-state index in [1.54, 1.807) is 24.3 Å². The SMILES string of the molecule is O=C(NCc1ccc(C(=O)O)cc1)N[C@@H]1CCC[C@H]1c1ccccc1. The molecule has 2 amide bonds. The van der Waals surface area contributed by atoms with Gasteiger partial charge in [0.1, 0.15) is 0 Å². The van der Waals surface area contributed by atoms with Gasteiger partial charge in [-0.1, -0.05) is 48.9 Å². The standard InChI is InChI=1S/C20H22N2O3/c23-19(24)16-11-9-14(10-12-16)13-21-20(25)22-18-8-4-7-17(18)15-5-2-1-3-6-15/h1-3,5-6,9-12,17-18H,4,7-8,13H2,(H,23,24)(H2,21,22,25)/t17-,18+/m0/s1. The molecule has 2 aromatic carbocycles. The first-order valence-corrected chi connectivity index (χ1v) is 8.55. The van der Waals surface area contributed by atoms with Crippen LogP contribution in [0.4, 0.5) is 4.79 Å². The highest BCUT2D eigenvalue weighted by Gasteiger charge is 2.29. The molecule has 1 fully saturated rings. The molecule has 0 spiro atoms. The first-order valence-electron chi connectivity index (χ1n) is 8.55. The second kappa shape index (κ2) is 7.83. The highest BCUT2D eigenvalue weighted by Crippen LogP contribution is 2.34. The molecular weight excluding hydrogens is 316 g/mol. The third kappa shape index (κ3) is 4.38. The maximum atomic E-state index is 12.2. The molecule has 0 unspecified atom stereocenters. The molecule has 5 nitrogen and oxygen atoms in total. The molecule has 25 heavy (non-hydrogen) atoms. The summed E-state index contributed by atoms with van der Waals surface area (Å²) in [4.78, 5) is 23.0. The fourth-order valence-corrected chi connectivity index (χ4v) is 3.40. The van der Waals surface area contributed by atoms with Gasteiger partial charge >= 0.3 is 12.0 Å². The molecule has 0 aliphatic heterocycles. The fourth-order valence-electron chi connectivity index (χ4n) is 3.40. The summed E-state index contributed by atoms with van der Waals surface area (Å²) in [6.07, 6.45) is 3.19. The second-order valence-electron chi connectivity index (χ2n) is 6.38. The first kappa shape index (κ1) is 17.0. The third-order valence-corrected chi connectivity index (χ3v) is 4.71. The van der Waals surface area contributed by atoms with Crippen molar-refractivity contribution in [1.82, 2.24) is 10.6 Å². The summed E-state index contributed by atoms with van der Waals surface area (Å²) in [5.74, 6) is -0.591. The Morgan fingerprint density at radius 3 is 2.40 bits per heavy atom. The predicted octanol–water partition coefficient (Wildman–Crippen LogP) is 3.52. The smallest absolute Gasteiger partial charge is 0.335 e. The Hall–Kier alpha value is -2.82. The van der Waals surface area contributed by atoms with E-state index in [4.69, 9.17) is 5.11 Å².